The molecule has 1 aliphatic heterocycles. The number of benzene rings is 2. The molecular weight excluding hydrogens is 644 g/mol. The van der Waals surface area contributed by atoms with Gasteiger partial charge in [-0.1, -0.05) is 18.5 Å². The van der Waals surface area contributed by atoms with Crippen molar-refractivity contribution in [3.8, 4) is 5.75 Å². The maximum atomic E-state index is 14.3. The lowest BCUT2D eigenvalue weighted by Gasteiger charge is -2.35. The van der Waals surface area contributed by atoms with Crippen LogP contribution in [0, 0.1) is 5.92 Å². The first-order valence-electron chi connectivity index (χ1n) is 16.2. The van der Waals surface area contributed by atoms with E-state index < -0.39 is 22.2 Å². The number of anilines is 1. The standard InChI is InChI=1S/C34H51ClN4O7S/c1-24-21-39(25(2)23-40)34(42)30-20-28(36-33(41)11-9-18-37(4)5)14-17-31(30)46-26(3)10-7-8-19-45-32(24)22-38(6)47(43,44)29-15-12-27(35)13-16-29/h12-17,20,24-26,32,40H,7-11,18-19,21-23H2,1-6H3,(H,36,41)/t24-,25+,26-,32-/m1/s1. The van der Waals surface area contributed by atoms with Crippen LogP contribution in [-0.2, 0) is 19.6 Å². The van der Waals surface area contributed by atoms with Gasteiger partial charge >= 0.3 is 0 Å². The molecule has 3 rings (SSSR count). The highest BCUT2D eigenvalue weighted by Gasteiger charge is 2.32. The fraction of sp³-hybridized carbons (Fsp3) is 0.588. The zero-order valence-corrected chi connectivity index (χ0v) is 30.0. The van der Waals surface area contributed by atoms with E-state index in [9.17, 15) is 23.1 Å². The number of ether oxygens (including phenoxy) is 2. The van der Waals surface area contributed by atoms with Crippen molar-refractivity contribution in [2.24, 2.45) is 5.92 Å². The summed E-state index contributed by atoms with van der Waals surface area (Å²) in [5.74, 6) is -0.445. The summed E-state index contributed by atoms with van der Waals surface area (Å²) in [5.41, 5.74) is 0.747. The monoisotopic (exact) mass is 694 g/mol. The molecule has 0 unspecified atom stereocenters. The van der Waals surface area contributed by atoms with Gasteiger partial charge in [0, 0.05) is 49.8 Å². The van der Waals surface area contributed by atoms with Gasteiger partial charge in [-0.2, -0.15) is 4.31 Å². The van der Waals surface area contributed by atoms with E-state index in [-0.39, 0.29) is 54.0 Å². The van der Waals surface area contributed by atoms with Gasteiger partial charge in [0.1, 0.15) is 5.75 Å². The van der Waals surface area contributed by atoms with Crippen molar-refractivity contribution in [3.63, 3.8) is 0 Å². The summed E-state index contributed by atoms with van der Waals surface area (Å²) in [4.78, 5) is 30.7. The number of rotatable bonds is 11. The van der Waals surface area contributed by atoms with Crippen molar-refractivity contribution < 1.29 is 32.6 Å². The van der Waals surface area contributed by atoms with Gasteiger partial charge in [0.05, 0.1) is 35.3 Å². The van der Waals surface area contributed by atoms with Gasteiger partial charge in [-0.25, -0.2) is 8.42 Å². The van der Waals surface area contributed by atoms with Gasteiger partial charge in [-0.3, -0.25) is 9.59 Å². The number of nitrogens with one attached hydrogen (secondary N) is 1. The zero-order valence-electron chi connectivity index (χ0n) is 28.4. The minimum atomic E-state index is -3.84. The Labute approximate surface area is 285 Å². The Bertz CT molecular complexity index is 1420. The number of aliphatic hydroxyl groups is 1. The summed E-state index contributed by atoms with van der Waals surface area (Å²) in [6.45, 7) is 6.74. The van der Waals surface area contributed by atoms with Crippen molar-refractivity contribution in [1.82, 2.24) is 14.1 Å². The van der Waals surface area contributed by atoms with Crippen molar-refractivity contribution in [2.75, 3.05) is 59.3 Å². The molecule has 0 fully saturated rings. The molecule has 262 valence electrons. The molecule has 0 spiro atoms. The second-order valence-electron chi connectivity index (χ2n) is 12.7. The van der Waals surface area contributed by atoms with E-state index in [1.807, 2.05) is 32.8 Å². The number of aliphatic hydroxyl groups excluding tert-OH is 1. The van der Waals surface area contributed by atoms with Gasteiger partial charge in [-0.05, 0) is 103 Å². The fourth-order valence-corrected chi connectivity index (χ4v) is 6.69. The molecule has 2 aromatic carbocycles. The summed E-state index contributed by atoms with van der Waals surface area (Å²) >= 11 is 5.98. The number of sulfonamides is 1. The lowest BCUT2D eigenvalue weighted by atomic mass is 10.0. The molecule has 0 aromatic heterocycles. The third-order valence-corrected chi connectivity index (χ3v) is 10.4. The second kappa shape index (κ2) is 18.1. The summed E-state index contributed by atoms with van der Waals surface area (Å²) in [6, 6.07) is 10.5. The first kappa shape index (κ1) is 38.7. The van der Waals surface area contributed by atoms with Crippen LogP contribution < -0.4 is 10.1 Å². The smallest absolute Gasteiger partial charge is 0.258 e. The molecule has 13 heteroatoms. The van der Waals surface area contributed by atoms with Crippen LogP contribution in [0.3, 0.4) is 0 Å². The Morgan fingerprint density at radius 1 is 1.13 bits per heavy atom. The summed E-state index contributed by atoms with van der Waals surface area (Å²) < 4.78 is 40.7. The quantitative estimate of drug-likeness (QED) is 0.346. The number of carbonyl (C=O) groups is 2. The zero-order chi connectivity index (χ0) is 34.7. The van der Waals surface area contributed by atoms with Crippen LogP contribution in [0.25, 0.3) is 0 Å². The Morgan fingerprint density at radius 3 is 2.49 bits per heavy atom. The molecule has 11 nitrogen and oxygen atoms in total. The van der Waals surface area contributed by atoms with E-state index in [1.165, 1.54) is 35.6 Å². The van der Waals surface area contributed by atoms with E-state index in [2.05, 4.69) is 5.32 Å². The second-order valence-corrected chi connectivity index (χ2v) is 15.2. The maximum Gasteiger partial charge on any atom is 0.258 e. The minimum Gasteiger partial charge on any atom is -0.490 e. The van der Waals surface area contributed by atoms with Crippen LogP contribution in [0.1, 0.15) is 63.2 Å². The highest BCUT2D eigenvalue weighted by atomic mass is 35.5. The number of nitrogens with zero attached hydrogens (tertiary/aromatic N) is 3. The fourth-order valence-electron chi connectivity index (χ4n) is 5.38. The van der Waals surface area contributed by atoms with Gasteiger partial charge in [-0.15, -0.1) is 0 Å². The average molecular weight is 695 g/mol. The number of likely N-dealkylation sites (N-methyl/N-ethyl adjacent to an activating group) is 1. The SMILES string of the molecule is C[C@@H]1CCCCO[C@H](CN(C)S(=O)(=O)c2ccc(Cl)cc2)[C@H](C)CN([C@@H](C)CO)C(=O)c2cc(NC(=O)CCCN(C)C)ccc2O1. The molecule has 47 heavy (non-hydrogen) atoms. The molecule has 2 aromatic rings. The largest absolute Gasteiger partial charge is 0.490 e. The van der Waals surface area contributed by atoms with E-state index in [1.54, 1.807) is 30.0 Å². The number of hydrogen-bond donors (Lipinski definition) is 2. The number of fused-ring (bicyclic) bond motifs is 1. The van der Waals surface area contributed by atoms with Crippen LogP contribution in [0.15, 0.2) is 47.4 Å². The molecule has 4 atom stereocenters. The normalized spacial score (nSPS) is 20.8. The van der Waals surface area contributed by atoms with Crippen LogP contribution in [0.5, 0.6) is 5.75 Å². The van der Waals surface area contributed by atoms with E-state index in [4.69, 9.17) is 21.1 Å². The molecule has 1 aliphatic rings. The topological polar surface area (TPSA) is 129 Å². The highest BCUT2D eigenvalue weighted by Crippen LogP contribution is 2.29. The Hall–Kier alpha value is -2.74. The van der Waals surface area contributed by atoms with Crippen LogP contribution in [0.4, 0.5) is 5.69 Å². The van der Waals surface area contributed by atoms with E-state index in [0.29, 0.717) is 42.3 Å². The Morgan fingerprint density at radius 2 is 1.83 bits per heavy atom. The summed E-state index contributed by atoms with van der Waals surface area (Å²) in [7, 11) is 1.58. The predicted octanol–water partition coefficient (Wildman–Crippen LogP) is 4.74. The minimum absolute atomic E-state index is 0.0573. The first-order chi connectivity index (χ1) is 22.2. The highest BCUT2D eigenvalue weighted by molar-refractivity contribution is 7.89. The molecule has 2 N–H and O–H groups in total. The third-order valence-electron chi connectivity index (χ3n) is 8.30. The van der Waals surface area contributed by atoms with Crippen molar-refractivity contribution in [3.05, 3.63) is 53.1 Å². The van der Waals surface area contributed by atoms with Crippen molar-refractivity contribution >= 4 is 39.1 Å². The molecule has 0 bridgehead atoms. The maximum absolute atomic E-state index is 14.3. The van der Waals surface area contributed by atoms with Gasteiger partial charge in [0.2, 0.25) is 15.9 Å². The van der Waals surface area contributed by atoms with Crippen LogP contribution in [-0.4, -0.2) is 112 Å². The van der Waals surface area contributed by atoms with Gasteiger partial charge < -0.3 is 29.7 Å². The van der Waals surface area contributed by atoms with Crippen LogP contribution in [0.2, 0.25) is 5.02 Å². The molecule has 1 heterocycles. The van der Waals surface area contributed by atoms with E-state index in [0.717, 1.165) is 19.4 Å². The lowest BCUT2D eigenvalue weighted by molar-refractivity contribution is -0.116. The molecule has 0 saturated heterocycles. The molecule has 2 amide bonds. The summed E-state index contributed by atoms with van der Waals surface area (Å²) in [6.07, 6.45) is 2.54. The number of carbonyl (C=O) groups excluding carboxylic acids is 2. The third kappa shape index (κ3) is 11.4. The molecule has 0 saturated carbocycles. The number of amides is 2. The molecule has 0 radical (unpaired) electrons. The Kier molecular flexibility index (Phi) is 14.9. The van der Waals surface area contributed by atoms with Gasteiger partial charge in [0.25, 0.3) is 5.91 Å². The first-order valence-corrected chi connectivity index (χ1v) is 18.0. The van der Waals surface area contributed by atoms with Crippen molar-refractivity contribution in [1.29, 1.82) is 0 Å². The molecule has 0 aliphatic carbocycles. The predicted molar refractivity (Wildman–Crippen MR) is 185 cm³/mol. The average Bonchev–Trinajstić information content (AvgIpc) is 3.02. The van der Waals surface area contributed by atoms with E-state index >= 15 is 0 Å². The lowest BCUT2D eigenvalue weighted by Crippen LogP contribution is -2.48. The van der Waals surface area contributed by atoms with Gasteiger partial charge in [0.15, 0.2) is 0 Å². The van der Waals surface area contributed by atoms with Crippen molar-refractivity contribution in [2.45, 2.75) is 76.0 Å². The van der Waals surface area contributed by atoms with Crippen LogP contribution >= 0.6 is 11.6 Å². The summed E-state index contributed by atoms with van der Waals surface area (Å²) in [5, 5.41) is 13.5. The molecular formula is C34H51ClN4O7S. The Balaban J connectivity index is 1.92. The number of halogens is 1. The number of hydrogen-bond acceptors (Lipinski definition) is 8.